The molecular formula is C10H21NO. The van der Waals surface area contributed by atoms with Gasteiger partial charge in [0.05, 0.1) is 11.7 Å². The van der Waals surface area contributed by atoms with Gasteiger partial charge in [0.2, 0.25) is 0 Å². The van der Waals surface area contributed by atoms with Gasteiger partial charge in [-0.25, -0.2) is 0 Å². The lowest BCUT2D eigenvalue weighted by Crippen LogP contribution is -2.53. The van der Waals surface area contributed by atoms with Gasteiger partial charge in [0.25, 0.3) is 0 Å². The van der Waals surface area contributed by atoms with Crippen molar-refractivity contribution in [2.75, 3.05) is 13.1 Å². The summed E-state index contributed by atoms with van der Waals surface area (Å²) in [5.41, 5.74) is 0.0297. The number of nitrogens with zero attached hydrogens (tertiary/aromatic N) is 1. The Balaban J connectivity index is 2.58. The first kappa shape index (κ1) is 10.0. The summed E-state index contributed by atoms with van der Waals surface area (Å²) in [6.45, 7) is 13.1. The summed E-state index contributed by atoms with van der Waals surface area (Å²) >= 11 is 0. The molecule has 2 nitrogen and oxygen atoms in total. The number of morpholine rings is 1. The largest absolute Gasteiger partial charge is 0.370 e. The summed E-state index contributed by atoms with van der Waals surface area (Å²) in [5, 5.41) is 0. The van der Waals surface area contributed by atoms with E-state index in [-0.39, 0.29) is 5.60 Å². The molecule has 0 N–H and O–H groups in total. The molecule has 0 saturated carbocycles. The lowest BCUT2D eigenvalue weighted by molar-refractivity contribution is -0.135. The fraction of sp³-hybridized carbons (Fsp3) is 1.00. The zero-order valence-electron chi connectivity index (χ0n) is 8.92. The van der Waals surface area contributed by atoms with Gasteiger partial charge in [-0.2, -0.15) is 0 Å². The Labute approximate surface area is 75.9 Å². The third kappa shape index (κ3) is 2.46. The Morgan fingerprint density at radius 2 is 2.00 bits per heavy atom. The van der Waals surface area contributed by atoms with E-state index in [1.165, 1.54) is 0 Å². The maximum Gasteiger partial charge on any atom is 0.0757 e. The van der Waals surface area contributed by atoms with Crippen LogP contribution in [0.25, 0.3) is 0 Å². The molecule has 0 aromatic rings. The summed E-state index contributed by atoms with van der Waals surface area (Å²) in [5.74, 6) is 0. The minimum atomic E-state index is 0.0297. The Hall–Kier alpha value is -0.0800. The van der Waals surface area contributed by atoms with Gasteiger partial charge < -0.3 is 4.74 Å². The summed E-state index contributed by atoms with van der Waals surface area (Å²) in [6, 6.07) is 0.635. The van der Waals surface area contributed by atoms with E-state index >= 15 is 0 Å². The van der Waals surface area contributed by atoms with E-state index in [2.05, 4.69) is 39.5 Å². The van der Waals surface area contributed by atoms with Crippen LogP contribution < -0.4 is 0 Å². The lowest BCUT2D eigenvalue weighted by atomic mass is 10.0. The molecule has 1 aliphatic rings. The predicted molar refractivity (Wildman–Crippen MR) is 51.3 cm³/mol. The van der Waals surface area contributed by atoms with Crippen molar-refractivity contribution in [2.24, 2.45) is 0 Å². The Kier molecular flexibility index (Phi) is 2.79. The number of ether oxygens (including phenoxy) is 1. The van der Waals surface area contributed by atoms with Gasteiger partial charge in [-0.15, -0.1) is 0 Å². The van der Waals surface area contributed by atoms with Crippen molar-refractivity contribution in [3.63, 3.8) is 0 Å². The molecular weight excluding hydrogens is 150 g/mol. The van der Waals surface area contributed by atoms with Crippen LogP contribution in [0.1, 0.15) is 34.6 Å². The van der Waals surface area contributed by atoms with Gasteiger partial charge in [0.15, 0.2) is 0 Å². The summed E-state index contributed by atoms with van der Waals surface area (Å²) in [7, 11) is 0. The molecule has 2 heteroatoms. The minimum Gasteiger partial charge on any atom is -0.370 e. The average Bonchev–Trinajstić information content (AvgIpc) is 1.82. The van der Waals surface area contributed by atoms with Crippen molar-refractivity contribution in [2.45, 2.75) is 52.4 Å². The van der Waals surface area contributed by atoms with Crippen molar-refractivity contribution < 1.29 is 4.74 Å². The van der Waals surface area contributed by atoms with Crippen LogP contribution in [0.3, 0.4) is 0 Å². The normalized spacial score (nSPS) is 31.0. The van der Waals surface area contributed by atoms with E-state index in [1.807, 2.05) is 0 Å². The Morgan fingerprint density at radius 3 is 2.42 bits per heavy atom. The molecule has 1 rings (SSSR count). The molecule has 0 aliphatic carbocycles. The summed E-state index contributed by atoms with van der Waals surface area (Å²) < 4.78 is 5.81. The SMILES string of the molecule is CC1CN(C(C)C)CC(C)(C)O1. The standard InChI is InChI=1S/C10H21NO/c1-8(2)11-6-9(3)12-10(4,5)7-11/h8-9H,6-7H2,1-5H3. The molecule has 1 unspecified atom stereocenters. The number of hydrogen-bond donors (Lipinski definition) is 0. The van der Waals surface area contributed by atoms with Crippen LogP contribution >= 0.6 is 0 Å². The van der Waals surface area contributed by atoms with E-state index in [0.29, 0.717) is 12.1 Å². The monoisotopic (exact) mass is 171 g/mol. The van der Waals surface area contributed by atoms with Crippen LogP contribution in [0.4, 0.5) is 0 Å². The Morgan fingerprint density at radius 1 is 1.42 bits per heavy atom. The maximum absolute atomic E-state index is 5.81. The second-order valence-corrected chi connectivity index (χ2v) is 4.71. The molecule has 0 bridgehead atoms. The topological polar surface area (TPSA) is 12.5 Å². The molecule has 1 aliphatic heterocycles. The molecule has 0 radical (unpaired) electrons. The first-order valence-corrected chi connectivity index (χ1v) is 4.82. The smallest absolute Gasteiger partial charge is 0.0757 e. The molecule has 0 aromatic carbocycles. The quantitative estimate of drug-likeness (QED) is 0.597. The van der Waals surface area contributed by atoms with E-state index in [4.69, 9.17) is 4.74 Å². The van der Waals surface area contributed by atoms with Crippen molar-refractivity contribution in [1.82, 2.24) is 4.90 Å². The van der Waals surface area contributed by atoms with Crippen molar-refractivity contribution >= 4 is 0 Å². The van der Waals surface area contributed by atoms with Crippen LogP contribution in [0, 0.1) is 0 Å². The zero-order chi connectivity index (χ0) is 9.35. The van der Waals surface area contributed by atoms with Crippen LogP contribution in [0.15, 0.2) is 0 Å². The first-order chi connectivity index (χ1) is 5.41. The highest BCUT2D eigenvalue weighted by Gasteiger charge is 2.31. The molecule has 0 amide bonds. The van der Waals surface area contributed by atoms with Crippen LogP contribution in [0.5, 0.6) is 0 Å². The van der Waals surface area contributed by atoms with Gasteiger partial charge in [-0.05, 0) is 34.6 Å². The van der Waals surface area contributed by atoms with Crippen LogP contribution in [0.2, 0.25) is 0 Å². The minimum absolute atomic E-state index is 0.0297. The zero-order valence-corrected chi connectivity index (χ0v) is 8.92. The van der Waals surface area contributed by atoms with E-state index in [1.54, 1.807) is 0 Å². The second kappa shape index (κ2) is 3.35. The highest BCUT2D eigenvalue weighted by Crippen LogP contribution is 2.21. The molecule has 1 atom stereocenters. The molecule has 1 heterocycles. The van der Waals surface area contributed by atoms with Gasteiger partial charge in [0.1, 0.15) is 0 Å². The first-order valence-electron chi connectivity index (χ1n) is 4.82. The maximum atomic E-state index is 5.81. The molecule has 1 saturated heterocycles. The van der Waals surface area contributed by atoms with E-state index < -0.39 is 0 Å². The third-order valence-corrected chi connectivity index (χ3v) is 2.33. The predicted octanol–water partition coefficient (Wildman–Crippen LogP) is 1.89. The van der Waals surface area contributed by atoms with Gasteiger partial charge in [0, 0.05) is 19.1 Å². The lowest BCUT2D eigenvalue weighted by Gasteiger charge is -2.43. The van der Waals surface area contributed by atoms with Gasteiger partial charge >= 0.3 is 0 Å². The fourth-order valence-electron chi connectivity index (χ4n) is 1.90. The van der Waals surface area contributed by atoms with Gasteiger partial charge in [-0.3, -0.25) is 4.90 Å². The molecule has 1 fully saturated rings. The highest BCUT2D eigenvalue weighted by atomic mass is 16.5. The Bertz CT molecular complexity index is 154. The van der Waals surface area contributed by atoms with Crippen molar-refractivity contribution in [3.05, 3.63) is 0 Å². The average molecular weight is 171 g/mol. The van der Waals surface area contributed by atoms with Crippen molar-refractivity contribution in [1.29, 1.82) is 0 Å². The third-order valence-electron chi connectivity index (χ3n) is 2.33. The highest BCUT2D eigenvalue weighted by molar-refractivity contribution is 4.83. The van der Waals surface area contributed by atoms with Crippen molar-refractivity contribution in [3.8, 4) is 0 Å². The molecule has 12 heavy (non-hydrogen) atoms. The summed E-state index contributed by atoms with van der Waals surface area (Å²) in [6.07, 6.45) is 0.371. The second-order valence-electron chi connectivity index (χ2n) is 4.71. The molecule has 0 spiro atoms. The van der Waals surface area contributed by atoms with Crippen LogP contribution in [-0.4, -0.2) is 35.7 Å². The molecule has 72 valence electrons. The fourth-order valence-corrected chi connectivity index (χ4v) is 1.90. The number of rotatable bonds is 1. The summed E-state index contributed by atoms with van der Waals surface area (Å²) in [4.78, 5) is 2.48. The van der Waals surface area contributed by atoms with Gasteiger partial charge in [-0.1, -0.05) is 0 Å². The number of hydrogen-bond acceptors (Lipinski definition) is 2. The van der Waals surface area contributed by atoms with E-state index in [9.17, 15) is 0 Å². The molecule has 0 aromatic heterocycles. The van der Waals surface area contributed by atoms with E-state index in [0.717, 1.165) is 13.1 Å². The van der Waals surface area contributed by atoms with Crippen LogP contribution in [-0.2, 0) is 4.74 Å².